The second-order valence-electron chi connectivity index (χ2n) is 3.92. The number of H-pyrrole nitrogens is 1. The number of aryl methyl sites for hydroxylation is 1. The van der Waals surface area contributed by atoms with Gasteiger partial charge in [0, 0.05) is 13.5 Å². The fourth-order valence-corrected chi connectivity index (χ4v) is 2.21. The predicted molar refractivity (Wildman–Crippen MR) is 69.1 cm³/mol. The summed E-state index contributed by atoms with van der Waals surface area (Å²) < 4.78 is 2.01. The number of carbonyl (C=O) groups is 1. The summed E-state index contributed by atoms with van der Waals surface area (Å²) in [7, 11) is 1.78. The number of rotatable bonds is 3. The summed E-state index contributed by atoms with van der Waals surface area (Å²) in [5.41, 5.74) is 3.73. The lowest BCUT2D eigenvalue weighted by Gasteiger charge is -2.05. The van der Waals surface area contributed by atoms with Gasteiger partial charge in [-0.2, -0.15) is 0 Å². The van der Waals surface area contributed by atoms with Gasteiger partial charge in [0.25, 0.3) is 5.91 Å². The van der Waals surface area contributed by atoms with E-state index >= 15 is 0 Å². The van der Waals surface area contributed by atoms with Gasteiger partial charge in [0.2, 0.25) is 0 Å². The second-order valence-corrected chi connectivity index (χ2v) is 4.33. The Morgan fingerprint density at radius 3 is 2.72 bits per heavy atom. The van der Waals surface area contributed by atoms with Gasteiger partial charge in [-0.25, -0.2) is 5.48 Å². The van der Waals surface area contributed by atoms with Gasteiger partial charge >= 0.3 is 0 Å². The summed E-state index contributed by atoms with van der Waals surface area (Å²) >= 11 is 5.07. The predicted octanol–water partition coefficient (Wildman–Crippen LogP) is 1.79. The number of benzene rings is 1. The lowest BCUT2D eigenvalue weighted by molar-refractivity contribution is 0.0705. The third-order valence-corrected chi connectivity index (χ3v) is 3.03. The first-order chi connectivity index (χ1) is 8.63. The Balaban J connectivity index is 2.45. The van der Waals surface area contributed by atoms with Crippen molar-refractivity contribution in [2.24, 2.45) is 7.05 Å². The number of hydroxylamine groups is 1. The van der Waals surface area contributed by atoms with Crippen molar-refractivity contribution in [3.8, 4) is 0 Å². The Kier molecular flexibility index (Phi) is 3.59. The zero-order valence-corrected chi connectivity index (χ0v) is 10.6. The Hall–Kier alpha value is -1.92. The number of hydrogen-bond donors (Lipinski definition) is 3. The molecule has 2 aromatic rings. The van der Waals surface area contributed by atoms with Crippen LogP contribution < -0.4 is 5.48 Å². The number of carbonyl (C=O) groups excluding carboxylic acids is 1. The molecular formula is C12H13N3O2S. The fourth-order valence-electron chi connectivity index (χ4n) is 1.86. The average Bonchev–Trinajstić information content (AvgIpc) is 2.65. The molecule has 0 radical (unpaired) electrons. The lowest BCUT2D eigenvalue weighted by Crippen LogP contribution is -2.20. The number of aromatic amines is 1. The number of aromatic nitrogens is 2. The Morgan fingerprint density at radius 1 is 1.44 bits per heavy atom. The topological polar surface area (TPSA) is 70.0 Å². The molecular weight excluding hydrogens is 250 g/mol. The molecule has 0 aliphatic carbocycles. The van der Waals surface area contributed by atoms with Gasteiger partial charge < -0.3 is 0 Å². The number of hydrogen-bond acceptors (Lipinski definition) is 3. The molecule has 0 saturated heterocycles. The van der Waals surface area contributed by atoms with E-state index in [9.17, 15) is 4.79 Å². The van der Waals surface area contributed by atoms with E-state index < -0.39 is 5.91 Å². The summed E-state index contributed by atoms with van der Waals surface area (Å²) in [6.45, 7) is 0. The molecule has 18 heavy (non-hydrogen) atoms. The van der Waals surface area contributed by atoms with Crippen LogP contribution in [0.2, 0.25) is 0 Å². The number of amides is 1. The molecule has 0 saturated carbocycles. The molecule has 0 atom stereocenters. The minimum atomic E-state index is -0.595. The minimum Gasteiger partial charge on any atom is -0.293 e. The van der Waals surface area contributed by atoms with Crippen molar-refractivity contribution in [2.45, 2.75) is 6.42 Å². The van der Waals surface area contributed by atoms with Crippen LogP contribution in [0.5, 0.6) is 0 Å². The number of nitrogens with zero attached hydrogens (tertiary/aromatic N) is 1. The van der Waals surface area contributed by atoms with Crippen LogP contribution in [0.4, 0.5) is 0 Å². The van der Waals surface area contributed by atoms with Gasteiger partial charge in [-0.1, -0.05) is 42.5 Å². The fraction of sp³-hybridized carbons (Fsp3) is 0.167. The molecule has 1 heterocycles. The highest BCUT2D eigenvalue weighted by molar-refractivity contribution is 7.71. The summed E-state index contributed by atoms with van der Waals surface area (Å²) in [6, 6.07) is 9.73. The van der Waals surface area contributed by atoms with Gasteiger partial charge in [-0.05, 0) is 5.56 Å². The molecule has 1 aromatic heterocycles. The van der Waals surface area contributed by atoms with E-state index in [0.717, 1.165) is 11.3 Å². The Bertz CT molecular complexity index is 616. The van der Waals surface area contributed by atoms with E-state index in [0.29, 0.717) is 16.6 Å². The molecule has 0 aliphatic heterocycles. The number of nitrogens with one attached hydrogen (secondary N) is 2. The smallest absolute Gasteiger partial charge is 0.279 e. The highest BCUT2D eigenvalue weighted by Gasteiger charge is 2.17. The Morgan fingerprint density at radius 2 is 2.11 bits per heavy atom. The van der Waals surface area contributed by atoms with Crippen LogP contribution in [0.3, 0.4) is 0 Å². The normalized spacial score (nSPS) is 10.3. The molecule has 94 valence electrons. The molecule has 5 nitrogen and oxygen atoms in total. The molecule has 2 rings (SSSR count). The first-order valence-electron chi connectivity index (χ1n) is 5.39. The van der Waals surface area contributed by atoms with E-state index in [-0.39, 0.29) is 0 Å². The molecule has 1 amide bonds. The van der Waals surface area contributed by atoms with E-state index in [1.165, 1.54) is 0 Å². The highest BCUT2D eigenvalue weighted by atomic mass is 32.1. The summed E-state index contributed by atoms with van der Waals surface area (Å²) in [5.74, 6) is -0.595. The molecule has 0 unspecified atom stereocenters. The molecule has 1 aromatic carbocycles. The van der Waals surface area contributed by atoms with Crippen LogP contribution >= 0.6 is 12.2 Å². The highest BCUT2D eigenvalue weighted by Crippen LogP contribution is 2.15. The lowest BCUT2D eigenvalue weighted by atomic mass is 10.1. The monoisotopic (exact) mass is 263 g/mol. The Labute approximate surface area is 109 Å². The van der Waals surface area contributed by atoms with Gasteiger partial charge in [0.1, 0.15) is 4.64 Å². The molecule has 6 heteroatoms. The maximum absolute atomic E-state index is 11.6. The maximum atomic E-state index is 11.6. The zero-order chi connectivity index (χ0) is 13.1. The van der Waals surface area contributed by atoms with E-state index in [4.69, 9.17) is 17.4 Å². The first kappa shape index (κ1) is 12.5. The average molecular weight is 263 g/mol. The summed E-state index contributed by atoms with van der Waals surface area (Å²) in [6.07, 6.45) is 0.563. The van der Waals surface area contributed by atoms with Crippen molar-refractivity contribution in [3.63, 3.8) is 0 Å². The SMILES string of the molecule is Cn1[nH]c(=S)c(C(=O)NO)c1Cc1ccccc1. The standard InChI is InChI=1S/C12H13N3O2S/c1-15-9(7-8-5-3-2-4-6-8)10(11(16)14-17)12(18)13-15/h2-6,17H,7H2,1H3,(H,13,18)(H,14,16). The van der Waals surface area contributed by atoms with Crippen LogP contribution in [-0.2, 0) is 13.5 Å². The molecule has 0 spiro atoms. The van der Waals surface area contributed by atoms with Crippen LogP contribution in [0.25, 0.3) is 0 Å². The van der Waals surface area contributed by atoms with Crippen LogP contribution in [0.1, 0.15) is 21.6 Å². The summed E-state index contributed by atoms with van der Waals surface area (Å²) in [4.78, 5) is 11.6. The van der Waals surface area contributed by atoms with Gasteiger partial charge in [-0.15, -0.1) is 0 Å². The third-order valence-electron chi connectivity index (χ3n) is 2.73. The molecule has 3 N–H and O–H groups in total. The van der Waals surface area contributed by atoms with Crippen molar-refractivity contribution in [3.05, 3.63) is 51.8 Å². The molecule has 0 aliphatic rings. The van der Waals surface area contributed by atoms with Crippen molar-refractivity contribution in [1.29, 1.82) is 0 Å². The molecule has 0 bridgehead atoms. The van der Waals surface area contributed by atoms with Crippen LogP contribution in [-0.4, -0.2) is 20.9 Å². The van der Waals surface area contributed by atoms with Crippen LogP contribution in [0, 0.1) is 4.64 Å². The van der Waals surface area contributed by atoms with E-state index in [1.807, 2.05) is 30.3 Å². The minimum absolute atomic E-state index is 0.304. The van der Waals surface area contributed by atoms with E-state index in [1.54, 1.807) is 17.2 Å². The third kappa shape index (κ3) is 2.34. The van der Waals surface area contributed by atoms with Crippen molar-refractivity contribution in [1.82, 2.24) is 15.3 Å². The zero-order valence-electron chi connectivity index (χ0n) is 9.80. The maximum Gasteiger partial charge on any atom is 0.279 e. The molecule has 0 fully saturated rings. The first-order valence-corrected chi connectivity index (χ1v) is 5.80. The van der Waals surface area contributed by atoms with Gasteiger partial charge in [-0.3, -0.25) is 19.8 Å². The largest absolute Gasteiger partial charge is 0.293 e. The van der Waals surface area contributed by atoms with Gasteiger partial charge in [0.05, 0.1) is 11.3 Å². The van der Waals surface area contributed by atoms with Crippen LogP contribution in [0.15, 0.2) is 30.3 Å². The van der Waals surface area contributed by atoms with Crippen molar-refractivity contribution < 1.29 is 10.0 Å². The van der Waals surface area contributed by atoms with Gasteiger partial charge in [0.15, 0.2) is 0 Å². The van der Waals surface area contributed by atoms with Crippen molar-refractivity contribution >= 4 is 18.1 Å². The quantitative estimate of drug-likeness (QED) is 0.449. The second kappa shape index (κ2) is 5.16. The summed E-state index contributed by atoms with van der Waals surface area (Å²) in [5, 5.41) is 11.6. The van der Waals surface area contributed by atoms with E-state index in [2.05, 4.69) is 5.10 Å². The van der Waals surface area contributed by atoms with Crippen molar-refractivity contribution in [2.75, 3.05) is 0 Å².